The smallest absolute Gasteiger partial charge is 0.462 e. The van der Waals surface area contributed by atoms with E-state index in [1.807, 2.05) is 12.2 Å². The topological polar surface area (TPSA) is 134 Å². The first-order valence-corrected chi connectivity index (χ1v) is 28.8. The largest absolute Gasteiger partial charge is 0.472 e. The number of rotatable bonds is 49. The molecule has 0 saturated heterocycles. The number of phosphoric acid groups is 1. The molecule has 400 valence electrons. The number of nitrogens with two attached hydrogens (primary N) is 1. The third-order valence-electron chi connectivity index (χ3n) is 10.7. The third kappa shape index (κ3) is 55.1. The molecule has 0 rings (SSSR count). The molecule has 10 heteroatoms. The number of hydrogen-bond donors (Lipinski definition) is 2. The van der Waals surface area contributed by atoms with Crippen molar-refractivity contribution in [2.45, 2.75) is 200 Å². The highest BCUT2D eigenvalue weighted by molar-refractivity contribution is 7.47. The molecule has 0 aromatic heterocycles. The van der Waals surface area contributed by atoms with Crippen LogP contribution >= 0.6 is 7.82 Å². The summed E-state index contributed by atoms with van der Waals surface area (Å²) < 4.78 is 32.9. The Labute approximate surface area is 433 Å². The Morgan fingerprint density at radius 1 is 0.423 bits per heavy atom. The van der Waals surface area contributed by atoms with Crippen LogP contribution in [-0.2, 0) is 32.7 Å². The zero-order chi connectivity index (χ0) is 51.7. The summed E-state index contributed by atoms with van der Waals surface area (Å²) in [6.07, 6.45) is 79.1. The molecule has 0 bridgehead atoms. The quantitative estimate of drug-likeness (QED) is 0.0264. The Hall–Kier alpha value is -4.11. The lowest BCUT2D eigenvalue weighted by molar-refractivity contribution is -0.161. The minimum absolute atomic E-state index is 0.0357. The highest BCUT2D eigenvalue weighted by Gasteiger charge is 2.26. The molecule has 0 amide bonds. The maximum Gasteiger partial charge on any atom is 0.472 e. The second kappa shape index (κ2) is 55.2. The average Bonchev–Trinajstić information content (AvgIpc) is 3.36. The number of esters is 2. The van der Waals surface area contributed by atoms with Gasteiger partial charge >= 0.3 is 19.8 Å². The van der Waals surface area contributed by atoms with Gasteiger partial charge in [-0.15, -0.1) is 0 Å². The maximum atomic E-state index is 12.7. The summed E-state index contributed by atoms with van der Waals surface area (Å²) in [5, 5.41) is 0. The third-order valence-corrected chi connectivity index (χ3v) is 11.7. The van der Waals surface area contributed by atoms with E-state index in [1.54, 1.807) is 0 Å². The molecule has 71 heavy (non-hydrogen) atoms. The van der Waals surface area contributed by atoms with Crippen LogP contribution in [0, 0.1) is 0 Å². The van der Waals surface area contributed by atoms with Crippen LogP contribution in [0.3, 0.4) is 0 Å². The van der Waals surface area contributed by atoms with Crippen LogP contribution in [0.25, 0.3) is 0 Å². The van der Waals surface area contributed by atoms with E-state index in [0.29, 0.717) is 12.8 Å². The summed E-state index contributed by atoms with van der Waals surface area (Å²) in [5.74, 6) is -0.939. The van der Waals surface area contributed by atoms with Crippen molar-refractivity contribution in [2.24, 2.45) is 5.73 Å². The number of hydrogen-bond acceptors (Lipinski definition) is 8. The van der Waals surface area contributed by atoms with E-state index in [-0.39, 0.29) is 32.6 Å². The summed E-state index contributed by atoms with van der Waals surface area (Å²) in [4.78, 5) is 35.1. The molecule has 0 aromatic rings. The SMILES string of the molecule is CC/C=C\C/C=C\C/C=C\C/C=C\C/C=C\C/C=C\CCCCCCCCCCCCCCC(=O)OC(COC(=O)CC/C=C\C/C=C\C/C=C\C/C=C\C/C=C\C/C=C\CC)COP(=O)(O)OCCN. The fourth-order valence-electron chi connectivity index (χ4n) is 6.78. The van der Waals surface area contributed by atoms with Gasteiger partial charge in [-0.2, -0.15) is 0 Å². The van der Waals surface area contributed by atoms with Gasteiger partial charge in [0, 0.05) is 19.4 Å². The summed E-state index contributed by atoms with van der Waals surface area (Å²) in [6.45, 7) is 3.40. The molecule has 0 aliphatic heterocycles. The number of carbonyl (C=O) groups is 2. The van der Waals surface area contributed by atoms with Gasteiger partial charge in [0.2, 0.25) is 0 Å². The molecule has 0 spiro atoms. The average molecular weight is 1000 g/mol. The van der Waals surface area contributed by atoms with Crippen molar-refractivity contribution in [1.29, 1.82) is 0 Å². The standard InChI is InChI=1S/C61H98NO8P/c1-3-5-7-9-11-13-15-17-19-21-23-24-25-26-27-28-29-30-31-32-33-34-36-38-40-42-44-46-48-50-52-54-61(64)70-59(58-69-71(65,66)68-56-55-62)57-67-60(63)53-51-49-47-45-43-41-39-37-35-22-20-18-16-14-12-10-8-6-4-2/h5-8,11-14,17-20,23-24,26-27,29-30,35,37,41,43,47,49,59H,3-4,9-10,15-16,21-22,25,28,31-34,36,38-40,42,44-46,48,50-58,62H2,1-2H3,(H,65,66)/b7-5-,8-6-,13-11-,14-12-,19-17-,20-18-,24-23-,27-26-,30-29-,37-35-,43-41-,49-47-. The molecule has 0 heterocycles. The maximum absolute atomic E-state index is 12.7. The number of phosphoric ester groups is 1. The van der Waals surface area contributed by atoms with Gasteiger partial charge in [-0.05, 0) is 103 Å². The molecular weight excluding hydrogens is 906 g/mol. The molecule has 2 unspecified atom stereocenters. The van der Waals surface area contributed by atoms with Crippen molar-refractivity contribution < 1.29 is 37.6 Å². The summed E-state index contributed by atoms with van der Waals surface area (Å²) in [5.41, 5.74) is 5.37. The predicted octanol–water partition coefficient (Wildman–Crippen LogP) is 17.2. The van der Waals surface area contributed by atoms with Crippen molar-refractivity contribution >= 4 is 19.8 Å². The van der Waals surface area contributed by atoms with E-state index in [2.05, 4.69) is 148 Å². The van der Waals surface area contributed by atoms with Gasteiger partial charge in [0.05, 0.1) is 13.2 Å². The van der Waals surface area contributed by atoms with Crippen LogP contribution in [0.4, 0.5) is 0 Å². The van der Waals surface area contributed by atoms with E-state index >= 15 is 0 Å². The zero-order valence-electron chi connectivity index (χ0n) is 44.4. The van der Waals surface area contributed by atoms with Crippen LogP contribution in [0.5, 0.6) is 0 Å². The van der Waals surface area contributed by atoms with Crippen molar-refractivity contribution in [3.05, 3.63) is 146 Å². The Bertz CT molecular complexity index is 1660. The zero-order valence-corrected chi connectivity index (χ0v) is 45.3. The van der Waals surface area contributed by atoms with Crippen LogP contribution < -0.4 is 5.73 Å². The Morgan fingerprint density at radius 2 is 0.761 bits per heavy atom. The van der Waals surface area contributed by atoms with E-state index in [9.17, 15) is 19.0 Å². The van der Waals surface area contributed by atoms with E-state index in [4.69, 9.17) is 24.3 Å². The predicted molar refractivity (Wildman–Crippen MR) is 302 cm³/mol. The van der Waals surface area contributed by atoms with Crippen LogP contribution in [-0.4, -0.2) is 49.3 Å². The first kappa shape index (κ1) is 66.9. The first-order chi connectivity index (χ1) is 34.8. The van der Waals surface area contributed by atoms with Gasteiger partial charge in [-0.3, -0.25) is 18.6 Å². The lowest BCUT2D eigenvalue weighted by atomic mass is 10.0. The Morgan fingerprint density at radius 3 is 1.14 bits per heavy atom. The lowest BCUT2D eigenvalue weighted by Gasteiger charge is -2.19. The van der Waals surface area contributed by atoms with Gasteiger partial charge in [0.15, 0.2) is 6.10 Å². The molecule has 9 nitrogen and oxygen atoms in total. The van der Waals surface area contributed by atoms with Crippen molar-refractivity contribution in [2.75, 3.05) is 26.4 Å². The molecule has 0 aliphatic rings. The molecule has 3 N–H and O–H groups in total. The van der Waals surface area contributed by atoms with Gasteiger partial charge in [-0.1, -0.05) is 224 Å². The second-order valence-electron chi connectivity index (χ2n) is 17.3. The highest BCUT2D eigenvalue weighted by atomic mass is 31.2. The summed E-state index contributed by atoms with van der Waals surface area (Å²) >= 11 is 0. The van der Waals surface area contributed by atoms with Crippen LogP contribution in [0.2, 0.25) is 0 Å². The fourth-order valence-corrected chi connectivity index (χ4v) is 7.55. The first-order valence-electron chi connectivity index (χ1n) is 27.3. The molecule has 0 radical (unpaired) electrons. The second-order valence-corrected chi connectivity index (χ2v) is 18.8. The molecule has 0 aliphatic carbocycles. The van der Waals surface area contributed by atoms with E-state index < -0.39 is 32.5 Å². The molecule has 0 saturated carbocycles. The molecule has 0 aromatic carbocycles. The van der Waals surface area contributed by atoms with Crippen LogP contribution in [0.15, 0.2) is 146 Å². The summed E-state index contributed by atoms with van der Waals surface area (Å²) in [7, 11) is -4.41. The van der Waals surface area contributed by atoms with Gasteiger partial charge in [0.1, 0.15) is 6.61 Å². The Balaban J connectivity index is 4.10. The van der Waals surface area contributed by atoms with Crippen molar-refractivity contribution in [1.82, 2.24) is 0 Å². The number of ether oxygens (including phenoxy) is 2. The van der Waals surface area contributed by atoms with Crippen molar-refractivity contribution in [3.63, 3.8) is 0 Å². The Kier molecular flexibility index (Phi) is 52.0. The molecule has 0 fully saturated rings. The van der Waals surface area contributed by atoms with E-state index in [0.717, 1.165) is 103 Å². The summed E-state index contributed by atoms with van der Waals surface area (Å²) in [6, 6.07) is 0. The monoisotopic (exact) mass is 1000 g/mol. The minimum atomic E-state index is -4.41. The minimum Gasteiger partial charge on any atom is -0.462 e. The van der Waals surface area contributed by atoms with Gasteiger partial charge < -0.3 is 20.1 Å². The number of allylic oxidation sites excluding steroid dienone is 24. The van der Waals surface area contributed by atoms with Crippen molar-refractivity contribution in [3.8, 4) is 0 Å². The van der Waals surface area contributed by atoms with Gasteiger partial charge in [-0.25, -0.2) is 4.57 Å². The number of carbonyl (C=O) groups excluding carboxylic acids is 2. The van der Waals surface area contributed by atoms with Crippen LogP contribution in [0.1, 0.15) is 194 Å². The fraction of sp³-hybridized carbons (Fsp3) is 0.574. The highest BCUT2D eigenvalue weighted by Crippen LogP contribution is 2.43. The lowest BCUT2D eigenvalue weighted by Crippen LogP contribution is -2.29. The molecule has 2 atom stereocenters. The van der Waals surface area contributed by atoms with Gasteiger partial charge in [0.25, 0.3) is 0 Å². The molecular formula is C61H98NO8P. The number of unbranched alkanes of at least 4 members (excludes halogenated alkanes) is 12. The normalized spacial score (nSPS) is 14.3. The van der Waals surface area contributed by atoms with E-state index in [1.165, 1.54) is 51.4 Å².